The zero-order valence-electron chi connectivity index (χ0n) is 23.0. The number of benzene rings is 3. The number of aromatic nitrogens is 2. The fourth-order valence-electron chi connectivity index (χ4n) is 4.80. The number of amides is 2. The van der Waals surface area contributed by atoms with E-state index in [0.717, 1.165) is 24.5 Å². The molecule has 3 aromatic carbocycles. The molecule has 1 N–H and O–H groups in total. The van der Waals surface area contributed by atoms with E-state index < -0.39 is 0 Å². The number of carbonyl (C=O) groups is 2. The number of ether oxygens (including phenoxy) is 1. The van der Waals surface area contributed by atoms with Gasteiger partial charge in [0.05, 0.1) is 23.3 Å². The molecule has 1 aliphatic rings. The van der Waals surface area contributed by atoms with Gasteiger partial charge >= 0.3 is 0 Å². The van der Waals surface area contributed by atoms with Crippen molar-refractivity contribution in [1.29, 1.82) is 0 Å². The normalized spacial score (nSPS) is 13.3. The van der Waals surface area contributed by atoms with E-state index in [1.807, 2.05) is 36.1 Å². The molecule has 4 aromatic rings. The predicted octanol–water partition coefficient (Wildman–Crippen LogP) is 4.26. The predicted molar refractivity (Wildman–Crippen MR) is 163 cm³/mol. The smallest absolute Gasteiger partial charge is 0.262 e. The number of hydrogen-bond donors (Lipinski definition) is 1. The Labute approximate surface area is 243 Å². The SMILES string of the molecule is CCOc1ccc(NC(=O)CSc2nc3ccccc3c(=O)n2CCC(=O)N2CCN(c3ccccc3)CC2)cc1. The van der Waals surface area contributed by atoms with Crippen molar-refractivity contribution in [1.82, 2.24) is 14.5 Å². The van der Waals surface area contributed by atoms with Crippen molar-refractivity contribution in [3.05, 3.63) is 89.2 Å². The Morgan fingerprint density at radius 1 is 0.927 bits per heavy atom. The summed E-state index contributed by atoms with van der Waals surface area (Å²) in [6.07, 6.45) is 0.178. The minimum absolute atomic E-state index is 0.00182. The Morgan fingerprint density at radius 3 is 2.37 bits per heavy atom. The topological polar surface area (TPSA) is 96.8 Å². The van der Waals surface area contributed by atoms with Crippen LogP contribution in [0, 0.1) is 0 Å². The number of para-hydroxylation sites is 2. The number of rotatable bonds is 10. The number of hydrogen-bond acceptors (Lipinski definition) is 7. The lowest BCUT2D eigenvalue weighted by Gasteiger charge is -2.36. The van der Waals surface area contributed by atoms with Crippen molar-refractivity contribution in [3.8, 4) is 5.75 Å². The molecule has 1 saturated heterocycles. The highest BCUT2D eigenvalue weighted by atomic mass is 32.2. The molecule has 0 aliphatic carbocycles. The molecule has 212 valence electrons. The van der Waals surface area contributed by atoms with Gasteiger partial charge in [0, 0.05) is 50.5 Å². The Bertz CT molecular complexity index is 1550. The number of thioether (sulfide) groups is 1. The van der Waals surface area contributed by atoms with Gasteiger partial charge in [0.1, 0.15) is 5.75 Å². The van der Waals surface area contributed by atoms with Crippen LogP contribution in [0.3, 0.4) is 0 Å². The molecule has 0 saturated carbocycles. The van der Waals surface area contributed by atoms with Gasteiger partial charge in [0.25, 0.3) is 5.56 Å². The molecule has 1 aromatic heterocycles. The minimum Gasteiger partial charge on any atom is -0.494 e. The van der Waals surface area contributed by atoms with Crippen LogP contribution in [0.2, 0.25) is 0 Å². The maximum absolute atomic E-state index is 13.4. The summed E-state index contributed by atoms with van der Waals surface area (Å²) in [5, 5.41) is 3.77. The molecule has 2 amide bonds. The van der Waals surface area contributed by atoms with E-state index in [1.54, 1.807) is 42.5 Å². The fraction of sp³-hybridized carbons (Fsp3) is 0.290. The van der Waals surface area contributed by atoms with Gasteiger partial charge in [-0.15, -0.1) is 0 Å². The number of nitrogens with zero attached hydrogens (tertiary/aromatic N) is 4. The summed E-state index contributed by atoms with van der Waals surface area (Å²) in [7, 11) is 0. The van der Waals surface area contributed by atoms with Crippen molar-refractivity contribution < 1.29 is 14.3 Å². The summed E-state index contributed by atoms with van der Waals surface area (Å²) >= 11 is 1.18. The summed E-state index contributed by atoms with van der Waals surface area (Å²) in [5.41, 5.74) is 2.15. The lowest BCUT2D eigenvalue weighted by molar-refractivity contribution is -0.131. The lowest BCUT2D eigenvalue weighted by atomic mass is 10.2. The van der Waals surface area contributed by atoms with Crippen LogP contribution in [0.4, 0.5) is 11.4 Å². The van der Waals surface area contributed by atoms with Crippen LogP contribution in [0.25, 0.3) is 10.9 Å². The molecule has 2 heterocycles. The molecular formula is C31H33N5O4S. The second kappa shape index (κ2) is 13.4. The number of anilines is 2. The van der Waals surface area contributed by atoms with E-state index in [9.17, 15) is 14.4 Å². The first kappa shape index (κ1) is 28.2. The van der Waals surface area contributed by atoms with Gasteiger partial charge in [-0.2, -0.15) is 0 Å². The zero-order valence-corrected chi connectivity index (χ0v) is 23.8. The van der Waals surface area contributed by atoms with Crippen LogP contribution in [0.15, 0.2) is 88.8 Å². The maximum Gasteiger partial charge on any atom is 0.262 e. The Kier molecular flexibility index (Phi) is 9.20. The Hall–Kier alpha value is -4.31. The number of fused-ring (bicyclic) bond motifs is 1. The molecule has 5 rings (SSSR count). The monoisotopic (exact) mass is 571 g/mol. The first-order chi connectivity index (χ1) is 20.0. The van der Waals surface area contributed by atoms with Gasteiger partial charge < -0.3 is 19.9 Å². The van der Waals surface area contributed by atoms with Gasteiger partial charge in [0.2, 0.25) is 11.8 Å². The van der Waals surface area contributed by atoms with Gasteiger partial charge in [-0.25, -0.2) is 4.98 Å². The maximum atomic E-state index is 13.4. The molecule has 0 spiro atoms. The van der Waals surface area contributed by atoms with Crippen LogP contribution in [-0.4, -0.2) is 64.8 Å². The molecule has 0 bridgehead atoms. The number of piperazine rings is 1. The van der Waals surface area contributed by atoms with E-state index >= 15 is 0 Å². The summed E-state index contributed by atoms with van der Waals surface area (Å²) < 4.78 is 6.97. The van der Waals surface area contributed by atoms with Crippen molar-refractivity contribution in [2.24, 2.45) is 0 Å². The third-order valence-electron chi connectivity index (χ3n) is 6.91. The zero-order chi connectivity index (χ0) is 28.6. The fourth-order valence-corrected chi connectivity index (χ4v) is 5.63. The highest BCUT2D eigenvalue weighted by molar-refractivity contribution is 7.99. The van der Waals surface area contributed by atoms with Crippen LogP contribution >= 0.6 is 11.8 Å². The minimum atomic E-state index is -0.222. The van der Waals surface area contributed by atoms with Crippen molar-refractivity contribution in [2.75, 3.05) is 48.8 Å². The second-order valence-corrected chi connectivity index (χ2v) is 10.6. The molecule has 0 unspecified atom stereocenters. The van der Waals surface area contributed by atoms with Gasteiger partial charge in [-0.05, 0) is 55.5 Å². The molecular weight excluding hydrogens is 538 g/mol. The summed E-state index contributed by atoms with van der Waals surface area (Å²) in [6.45, 7) is 5.46. The number of carbonyl (C=O) groups excluding carboxylic acids is 2. The molecule has 1 fully saturated rings. The Balaban J connectivity index is 1.23. The van der Waals surface area contributed by atoms with E-state index in [2.05, 4.69) is 27.3 Å². The summed E-state index contributed by atoms with van der Waals surface area (Å²) in [6, 6.07) is 24.5. The number of nitrogens with one attached hydrogen (secondary N) is 1. The first-order valence-corrected chi connectivity index (χ1v) is 14.7. The molecule has 41 heavy (non-hydrogen) atoms. The first-order valence-electron chi connectivity index (χ1n) is 13.7. The highest BCUT2D eigenvalue weighted by Crippen LogP contribution is 2.21. The third-order valence-corrected chi connectivity index (χ3v) is 7.89. The van der Waals surface area contributed by atoms with E-state index in [4.69, 9.17) is 4.74 Å². The van der Waals surface area contributed by atoms with E-state index in [1.165, 1.54) is 16.3 Å². The van der Waals surface area contributed by atoms with Crippen molar-refractivity contribution in [2.45, 2.75) is 25.0 Å². The molecule has 10 heteroatoms. The van der Waals surface area contributed by atoms with Crippen molar-refractivity contribution in [3.63, 3.8) is 0 Å². The van der Waals surface area contributed by atoms with Crippen LogP contribution in [0.1, 0.15) is 13.3 Å². The second-order valence-electron chi connectivity index (χ2n) is 9.62. The van der Waals surface area contributed by atoms with E-state index in [-0.39, 0.29) is 36.1 Å². The van der Waals surface area contributed by atoms with Crippen LogP contribution in [-0.2, 0) is 16.1 Å². The van der Waals surface area contributed by atoms with E-state index in [0.29, 0.717) is 41.4 Å². The Morgan fingerprint density at radius 2 is 1.63 bits per heavy atom. The third kappa shape index (κ3) is 7.07. The van der Waals surface area contributed by atoms with Gasteiger partial charge in [-0.1, -0.05) is 42.1 Å². The standard InChI is InChI=1S/C31H33N5O4S/c1-2-40-25-14-12-23(13-15-25)32-28(37)22-41-31-33-27-11-7-6-10-26(27)30(39)36(31)17-16-29(38)35-20-18-34(19-21-35)24-8-4-3-5-9-24/h3-15H,2,16-22H2,1H3,(H,32,37). The van der Waals surface area contributed by atoms with Gasteiger partial charge in [0.15, 0.2) is 5.16 Å². The quantitative estimate of drug-likeness (QED) is 0.224. The average Bonchev–Trinajstić information content (AvgIpc) is 3.01. The largest absolute Gasteiger partial charge is 0.494 e. The lowest BCUT2D eigenvalue weighted by Crippen LogP contribution is -2.49. The highest BCUT2D eigenvalue weighted by Gasteiger charge is 2.22. The van der Waals surface area contributed by atoms with Crippen molar-refractivity contribution >= 4 is 45.9 Å². The molecule has 1 aliphatic heterocycles. The summed E-state index contributed by atoms with van der Waals surface area (Å²) in [5.74, 6) is 0.576. The van der Waals surface area contributed by atoms with Gasteiger partial charge in [-0.3, -0.25) is 19.0 Å². The summed E-state index contributed by atoms with van der Waals surface area (Å²) in [4.78, 5) is 48.1. The molecule has 9 nitrogen and oxygen atoms in total. The molecule has 0 atom stereocenters. The average molecular weight is 572 g/mol. The molecule has 0 radical (unpaired) electrons. The van der Waals surface area contributed by atoms with Crippen LogP contribution < -0.4 is 20.5 Å². The van der Waals surface area contributed by atoms with Crippen LogP contribution in [0.5, 0.6) is 5.75 Å².